The lowest BCUT2D eigenvalue weighted by atomic mass is 10.1. The van der Waals surface area contributed by atoms with Crippen LogP contribution >= 0.6 is 23.2 Å². The van der Waals surface area contributed by atoms with Gasteiger partial charge < -0.3 is 10.2 Å². The number of aromatic nitrogens is 1. The van der Waals surface area contributed by atoms with Crippen molar-refractivity contribution in [1.29, 1.82) is 0 Å². The summed E-state index contributed by atoms with van der Waals surface area (Å²) < 4.78 is 0. The van der Waals surface area contributed by atoms with Crippen molar-refractivity contribution in [2.75, 3.05) is 0 Å². The van der Waals surface area contributed by atoms with E-state index in [0.717, 1.165) is 6.07 Å². The Hall–Kier alpha value is -1.79. The molecule has 0 spiro atoms. The van der Waals surface area contributed by atoms with Gasteiger partial charge in [0.15, 0.2) is 5.75 Å². The third kappa shape index (κ3) is 1.81. The maximum atomic E-state index is 10.9. The van der Waals surface area contributed by atoms with Gasteiger partial charge >= 0.3 is 0 Å². The molecular formula is C9H4Cl2N2O4. The summed E-state index contributed by atoms with van der Waals surface area (Å²) in [6.07, 6.45) is 0. The first-order valence-corrected chi connectivity index (χ1v) is 5.02. The molecule has 8 heteroatoms. The smallest absolute Gasteiger partial charge is 0.298 e. The molecule has 2 aromatic rings. The number of nitro benzene ring substituents is 1. The minimum atomic E-state index is -0.727. The highest BCUT2D eigenvalue weighted by Gasteiger charge is 2.22. The third-order valence-corrected chi connectivity index (χ3v) is 2.91. The highest BCUT2D eigenvalue weighted by molar-refractivity contribution is 6.44. The number of fused-ring (bicyclic) bond motifs is 1. The average molecular weight is 275 g/mol. The minimum absolute atomic E-state index is 0.000278. The number of hydrogen-bond donors (Lipinski definition) is 2. The molecule has 0 unspecified atom stereocenters. The van der Waals surface area contributed by atoms with Crippen molar-refractivity contribution in [2.24, 2.45) is 0 Å². The van der Waals surface area contributed by atoms with Crippen LogP contribution in [0.25, 0.3) is 10.9 Å². The Bertz CT molecular complexity index is 639. The van der Waals surface area contributed by atoms with Gasteiger partial charge in [0.1, 0.15) is 5.02 Å². The van der Waals surface area contributed by atoms with Gasteiger partial charge in [0.2, 0.25) is 0 Å². The summed E-state index contributed by atoms with van der Waals surface area (Å²) in [5, 5.41) is 29.1. The first kappa shape index (κ1) is 11.7. The zero-order valence-corrected chi connectivity index (χ0v) is 9.53. The van der Waals surface area contributed by atoms with Gasteiger partial charge in [-0.3, -0.25) is 10.1 Å². The van der Waals surface area contributed by atoms with Crippen LogP contribution in [0.3, 0.4) is 0 Å². The molecule has 6 nitrogen and oxygen atoms in total. The molecule has 0 saturated carbocycles. The quantitative estimate of drug-likeness (QED) is 0.616. The van der Waals surface area contributed by atoms with E-state index < -0.39 is 22.2 Å². The van der Waals surface area contributed by atoms with Crippen molar-refractivity contribution >= 4 is 39.8 Å². The van der Waals surface area contributed by atoms with Crippen molar-refractivity contribution in [2.45, 2.75) is 0 Å². The summed E-state index contributed by atoms with van der Waals surface area (Å²) in [6, 6.07) is 2.28. The lowest BCUT2D eigenvalue weighted by Gasteiger charge is -2.04. The summed E-state index contributed by atoms with van der Waals surface area (Å²) in [4.78, 5) is 13.7. The molecule has 17 heavy (non-hydrogen) atoms. The van der Waals surface area contributed by atoms with E-state index in [1.165, 1.54) is 6.07 Å². The van der Waals surface area contributed by atoms with Crippen molar-refractivity contribution in [3.05, 3.63) is 32.3 Å². The van der Waals surface area contributed by atoms with E-state index in [4.69, 9.17) is 23.2 Å². The molecule has 0 amide bonds. The van der Waals surface area contributed by atoms with Gasteiger partial charge in [-0.1, -0.05) is 23.2 Å². The molecule has 0 saturated heterocycles. The van der Waals surface area contributed by atoms with E-state index in [1.807, 2.05) is 0 Å². The van der Waals surface area contributed by atoms with E-state index >= 15 is 0 Å². The Morgan fingerprint density at radius 2 is 1.94 bits per heavy atom. The largest absolute Gasteiger partial charge is 0.503 e. The van der Waals surface area contributed by atoms with E-state index in [9.17, 15) is 20.3 Å². The van der Waals surface area contributed by atoms with Crippen LogP contribution in [0, 0.1) is 10.1 Å². The fraction of sp³-hybridized carbons (Fsp3) is 0. The predicted molar refractivity (Wildman–Crippen MR) is 61.7 cm³/mol. The molecule has 0 atom stereocenters. The molecule has 88 valence electrons. The molecule has 0 fully saturated rings. The lowest BCUT2D eigenvalue weighted by molar-refractivity contribution is -0.382. The fourth-order valence-corrected chi connectivity index (χ4v) is 1.82. The van der Waals surface area contributed by atoms with Gasteiger partial charge in [-0.05, 0) is 6.07 Å². The number of halogens is 2. The standard InChI is InChI=1S/C9H4Cl2N2O4/c10-4-2-5-3(1-6(14)9(15)12-5)8(7(4)11)13(16)17/h1-2,14H,(H,12,15). The van der Waals surface area contributed by atoms with Gasteiger partial charge in [-0.25, -0.2) is 4.98 Å². The van der Waals surface area contributed by atoms with Crippen LogP contribution in [-0.2, 0) is 0 Å². The number of rotatable bonds is 1. The zero-order valence-electron chi connectivity index (χ0n) is 8.02. The number of benzene rings is 1. The summed E-state index contributed by atoms with van der Waals surface area (Å²) >= 11 is 11.4. The normalized spacial score (nSPS) is 10.7. The van der Waals surface area contributed by atoms with Gasteiger partial charge in [-0.15, -0.1) is 0 Å². The predicted octanol–water partition coefficient (Wildman–Crippen LogP) is 2.86. The van der Waals surface area contributed by atoms with Crippen LogP contribution in [0.15, 0.2) is 12.1 Å². The molecule has 2 rings (SSSR count). The monoisotopic (exact) mass is 274 g/mol. The highest BCUT2D eigenvalue weighted by Crippen LogP contribution is 2.40. The van der Waals surface area contributed by atoms with Crippen LogP contribution < -0.4 is 0 Å². The Balaban J connectivity index is 2.98. The average Bonchev–Trinajstić information content (AvgIpc) is 2.23. The molecule has 1 aromatic carbocycles. The molecule has 0 aliphatic rings. The Labute approximate surface area is 104 Å². The van der Waals surface area contributed by atoms with Gasteiger partial charge in [0, 0.05) is 6.07 Å². The van der Waals surface area contributed by atoms with Crippen LogP contribution in [0.1, 0.15) is 0 Å². The first-order valence-electron chi connectivity index (χ1n) is 4.27. The second-order valence-corrected chi connectivity index (χ2v) is 3.96. The second kappa shape index (κ2) is 3.90. The van der Waals surface area contributed by atoms with Crippen molar-refractivity contribution in [3.63, 3.8) is 0 Å². The summed E-state index contributed by atoms with van der Waals surface area (Å²) in [6.45, 7) is 0. The number of hydrogen-bond acceptors (Lipinski definition) is 5. The van der Waals surface area contributed by atoms with E-state index in [2.05, 4.69) is 4.98 Å². The van der Waals surface area contributed by atoms with Gasteiger partial charge in [-0.2, -0.15) is 0 Å². The third-order valence-electron chi connectivity index (χ3n) is 2.13. The number of nitrogens with zero attached hydrogens (tertiary/aromatic N) is 2. The molecule has 0 bridgehead atoms. The summed E-state index contributed by atoms with van der Waals surface area (Å²) in [5.41, 5.74) is -0.390. The maximum absolute atomic E-state index is 10.9. The fourth-order valence-electron chi connectivity index (χ4n) is 1.40. The lowest BCUT2D eigenvalue weighted by Crippen LogP contribution is -1.93. The van der Waals surface area contributed by atoms with E-state index in [-0.39, 0.29) is 20.9 Å². The van der Waals surface area contributed by atoms with Crippen LogP contribution in [-0.4, -0.2) is 20.1 Å². The molecule has 0 radical (unpaired) electrons. The highest BCUT2D eigenvalue weighted by atomic mass is 35.5. The molecule has 1 heterocycles. The molecule has 1 aromatic heterocycles. The Kier molecular flexibility index (Phi) is 2.68. The second-order valence-electron chi connectivity index (χ2n) is 3.18. The Morgan fingerprint density at radius 3 is 2.53 bits per heavy atom. The first-order chi connectivity index (χ1) is 7.91. The number of pyridine rings is 1. The van der Waals surface area contributed by atoms with Crippen LogP contribution in [0.5, 0.6) is 11.6 Å². The van der Waals surface area contributed by atoms with E-state index in [1.54, 1.807) is 0 Å². The molecule has 0 aliphatic carbocycles. The van der Waals surface area contributed by atoms with Crippen LogP contribution in [0.4, 0.5) is 5.69 Å². The Morgan fingerprint density at radius 1 is 1.29 bits per heavy atom. The topological polar surface area (TPSA) is 96.5 Å². The van der Waals surface area contributed by atoms with Crippen molar-refractivity contribution < 1.29 is 15.1 Å². The summed E-state index contributed by atoms with van der Waals surface area (Å²) in [5.74, 6) is -1.20. The van der Waals surface area contributed by atoms with Crippen LogP contribution in [0.2, 0.25) is 10.0 Å². The molecule has 0 aliphatic heterocycles. The molecular weight excluding hydrogens is 271 g/mol. The van der Waals surface area contributed by atoms with E-state index in [0.29, 0.717) is 0 Å². The van der Waals surface area contributed by atoms with Gasteiger partial charge in [0.25, 0.3) is 11.6 Å². The molecule has 2 N–H and O–H groups in total. The summed E-state index contributed by atoms with van der Waals surface area (Å²) in [7, 11) is 0. The maximum Gasteiger partial charge on any atom is 0.298 e. The van der Waals surface area contributed by atoms with Gasteiger partial charge in [0.05, 0.1) is 20.8 Å². The SMILES string of the molecule is O=[N+]([O-])c1c(Cl)c(Cl)cc2nc(O)c(O)cc12. The van der Waals surface area contributed by atoms with Crippen molar-refractivity contribution in [3.8, 4) is 11.6 Å². The zero-order chi connectivity index (χ0) is 12.7. The number of aromatic hydroxyl groups is 2. The van der Waals surface area contributed by atoms with Crippen molar-refractivity contribution in [1.82, 2.24) is 4.98 Å². The number of nitro groups is 1. The minimum Gasteiger partial charge on any atom is -0.503 e.